The molecule has 0 atom stereocenters. The van der Waals surface area contributed by atoms with E-state index in [-0.39, 0.29) is 5.97 Å². The molecular formula is C13H9NO2S2. The van der Waals surface area contributed by atoms with Gasteiger partial charge in [-0.2, -0.15) is 0 Å². The standard InChI is InChI=1S/C13H9NO2S2/c1-8(15)16-11-4-6-17-12(11)10-7-18-13-9(10)3-2-5-14-13/h2-7H,1H3. The molecule has 0 spiro atoms. The van der Waals surface area contributed by atoms with Gasteiger partial charge in [-0.15, -0.1) is 22.7 Å². The van der Waals surface area contributed by atoms with Crippen molar-refractivity contribution in [2.75, 3.05) is 0 Å². The number of fused-ring (bicyclic) bond motifs is 1. The second-order valence-corrected chi connectivity index (χ2v) is 5.49. The maximum absolute atomic E-state index is 11.1. The fraction of sp³-hybridized carbons (Fsp3) is 0.0769. The number of aromatic nitrogens is 1. The SMILES string of the molecule is CC(=O)Oc1ccsc1-c1csc2ncccc12. The van der Waals surface area contributed by atoms with E-state index >= 15 is 0 Å². The predicted molar refractivity (Wildman–Crippen MR) is 74.2 cm³/mol. The van der Waals surface area contributed by atoms with Crippen LogP contribution in [0.15, 0.2) is 35.2 Å². The van der Waals surface area contributed by atoms with Crippen LogP contribution in [0.3, 0.4) is 0 Å². The smallest absolute Gasteiger partial charge is 0.308 e. The molecule has 3 aromatic rings. The number of carbonyl (C=O) groups is 1. The van der Waals surface area contributed by atoms with Gasteiger partial charge in [0.1, 0.15) is 10.6 Å². The van der Waals surface area contributed by atoms with Crippen molar-refractivity contribution in [3.8, 4) is 16.2 Å². The first-order chi connectivity index (χ1) is 8.75. The molecule has 0 amide bonds. The van der Waals surface area contributed by atoms with Crippen molar-refractivity contribution in [1.82, 2.24) is 4.98 Å². The summed E-state index contributed by atoms with van der Waals surface area (Å²) in [4.78, 5) is 17.4. The molecule has 0 aliphatic rings. The van der Waals surface area contributed by atoms with Gasteiger partial charge in [0.2, 0.25) is 0 Å². The van der Waals surface area contributed by atoms with Crippen LogP contribution in [0.1, 0.15) is 6.92 Å². The average Bonchev–Trinajstić information content (AvgIpc) is 2.94. The monoisotopic (exact) mass is 275 g/mol. The minimum atomic E-state index is -0.299. The van der Waals surface area contributed by atoms with E-state index in [1.54, 1.807) is 28.9 Å². The highest BCUT2D eigenvalue weighted by molar-refractivity contribution is 7.18. The molecule has 0 bridgehead atoms. The van der Waals surface area contributed by atoms with E-state index in [1.165, 1.54) is 6.92 Å². The number of hydrogen-bond acceptors (Lipinski definition) is 5. The highest BCUT2D eigenvalue weighted by Crippen LogP contribution is 2.41. The van der Waals surface area contributed by atoms with Gasteiger partial charge in [-0.25, -0.2) is 4.98 Å². The molecule has 3 rings (SSSR count). The molecular weight excluding hydrogens is 266 g/mol. The third-order valence-electron chi connectivity index (χ3n) is 2.48. The number of rotatable bonds is 2. The van der Waals surface area contributed by atoms with E-state index in [0.717, 1.165) is 20.7 Å². The summed E-state index contributed by atoms with van der Waals surface area (Å²) in [5, 5.41) is 5.07. The number of nitrogens with zero attached hydrogens (tertiary/aromatic N) is 1. The van der Waals surface area contributed by atoms with Crippen molar-refractivity contribution in [3.63, 3.8) is 0 Å². The van der Waals surface area contributed by atoms with Crippen LogP contribution in [0.5, 0.6) is 5.75 Å². The maximum Gasteiger partial charge on any atom is 0.308 e. The first-order valence-electron chi connectivity index (χ1n) is 5.34. The Labute approximate surface area is 112 Å². The molecule has 3 nitrogen and oxygen atoms in total. The molecule has 0 aliphatic carbocycles. The Hall–Kier alpha value is -1.72. The normalized spacial score (nSPS) is 10.7. The summed E-state index contributed by atoms with van der Waals surface area (Å²) in [7, 11) is 0. The number of carbonyl (C=O) groups excluding carboxylic acids is 1. The summed E-state index contributed by atoms with van der Waals surface area (Å²) in [6.45, 7) is 1.41. The number of thiophene rings is 2. The number of esters is 1. The maximum atomic E-state index is 11.1. The van der Waals surface area contributed by atoms with E-state index in [9.17, 15) is 4.79 Å². The van der Waals surface area contributed by atoms with E-state index in [2.05, 4.69) is 10.4 Å². The summed E-state index contributed by atoms with van der Waals surface area (Å²) in [5.41, 5.74) is 1.08. The Morgan fingerprint density at radius 1 is 1.33 bits per heavy atom. The molecule has 3 heterocycles. The molecule has 0 N–H and O–H groups in total. The highest BCUT2D eigenvalue weighted by atomic mass is 32.1. The molecule has 90 valence electrons. The zero-order chi connectivity index (χ0) is 12.5. The molecule has 5 heteroatoms. The molecule has 0 aromatic carbocycles. The van der Waals surface area contributed by atoms with Crippen LogP contribution >= 0.6 is 22.7 Å². The molecule has 0 saturated carbocycles. The van der Waals surface area contributed by atoms with Crippen LogP contribution in [-0.2, 0) is 4.79 Å². The van der Waals surface area contributed by atoms with E-state index < -0.39 is 0 Å². The van der Waals surface area contributed by atoms with Crippen LogP contribution < -0.4 is 4.74 Å². The fourth-order valence-corrected chi connectivity index (χ4v) is 3.60. The number of pyridine rings is 1. The van der Waals surface area contributed by atoms with Crippen molar-refractivity contribution >= 4 is 38.9 Å². The van der Waals surface area contributed by atoms with Gasteiger partial charge in [0.15, 0.2) is 0 Å². The lowest BCUT2D eigenvalue weighted by molar-refractivity contribution is -0.131. The Balaban J connectivity index is 2.15. The predicted octanol–water partition coefficient (Wildman–Crippen LogP) is 3.95. The Morgan fingerprint density at radius 3 is 3.06 bits per heavy atom. The first kappa shape index (κ1) is 11.4. The van der Waals surface area contributed by atoms with Crippen molar-refractivity contribution in [2.45, 2.75) is 6.92 Å². The van der Waals surface area contributed by atoms with Gasteiger partial charge < -0.3 is 4.74 Å². The van der Waals surface area contributed by atoms with Crippen LogP contribution in [-0.4, -0.2) is 11.0 Å². The van der Waals surface area contributed by atoms with E-state index in [1.807, 2.05) is 23.6 Å². The van der Waals surface area contributed by atoms with E-state index in [0.29, 0.717) is 5.75 Å². The third-order valence-corrected chi connectivity index (χ3v) is 4.31. The molecule has 0 fully saturated rings. The summed E-state index contributed by atoms with van der Waals surface area (Å²) in [6.07, 6.45) is 1.78. The van der Waals surface area contributed by atoms with Crippen molar-refractivity contribution in [1.29, 1.82) is 0 Å². The van der Waals surface area contributed by atoms with Crippen LogP contribution in [0.25, 0.3) is 20.7 Å². The summed E-state index contributed by atoms with van der Waals surface area (Å²) >= 11 is 3.16. The molecule has 0 saturated heterocycles. The quantitative estimate of drug-likeness (QED) is 0.665. The first-order valence-corrected chi connectivity index (χ1v) is 7.10. The number of ether oxygens (including phenoxy) is 1. The van der Waals surface area contributed by atoms with E-state index in [4.69, 9.17) is 4.74 Å². The molecule has 3 aromatic heterocycles. The van der Waals surface area contributed by atoms with Gasteiger partial charge in [-0.05, 0) is 23.6 Å². The zero-order valence-corrected chi connectivity index (χ0v) is 11.2. The van der Waals surface area contributed by atoms with Crippen molar-refractivity contribution in [3.05, 3.63) is 35.2 Å². The molecule has 0 unspecified atom stereocenters. The van der Waals surface area contributed by atoms with Crippen molar-refractivity contribution in [2.24, 2.45) is 0 Å². The Morgan fingerprint density at radius 2 is 2.22 bits per heavy atom. The van der Waals surface area contributed by atoms with Gasteiger partial charge >= 0.3 is 5.97 Å². The van der Waals surface area contributed by atoms with Gasteiger partial charge in [0.05, 0.1) is 4.88 Å². The van der Waals surface area contributed by atoms with Crippen LogP contribution in [0.2, 0.25) is 0 Å². The summed E-state index contributed by atoms with van der Waals surface area (Å²) in [6, 6.07) is 5.77. The minimum Gasteiger partial charge on any atom is -0.425 e. The van der Waals surface area contributed by atoms with Crippen LogP contribution in [0.4, 0.5) is 0 Å². The molecule has 18 heavy (non-hydrogen) atoms. The van der Waals surface area contributed by atoms with Gasteiger partial charge in [-0.3, -0.25) is 4.79 Å². The summed E-state index contributed by atoms with van der Waals surface area (Å²) < 4.78 is 5.21. The lowest BCUT2D eigenvalue weighted by Crippen LogP contribution is -2.00. The number of hydrogen-bond donors (Lipinski definition) is 0. The fourth-order valence-electron chi connectivity index (χ4n) is 1.77. The van der Waals surface area contributed by atoms with Gasteiger partial charge in [-0.1, -0.05) is 0 Å². The molecule has 0 aliphatic heterocycles. The van der Waals surface area contributed by atoms with Gasteiger partial charge in [0, 0.05) is 29.5 Å². The third kappa shape index (κ3) is 1.91. The second kappa shape index (κ2) is 4.51. The minimum absolute atomic E-state index is 0.299. The summed E-state index contributed by atoms with van der Waals surface area (Å²) in [5.74, 6) is 0.323. The zero-order valence-electron chi connectivity index (χ0n) is 9.54. The molecule has 0 radical (unpaired) electrons. The topological polar surface area (TPSA) is 39.2 Å². The second-order valence-electron chi connectivity index (χ2n) is 3.71. The largest absolute Gasteiger partial charge is 0.425 e. The highest BCUT2D eigenvalue weighted by Gasteiger charge is 2.14. The van der Waals surface area contributed by atoms with Crippen molar-refractivity contribution < 1.29 is 9.53 Å². The van der Waals surface area contributed by atoms with Crippen LogP contribution in [0, 0.1) is 0 Å². The Kier molecular flexibility index (Phi) is 2.85. The lowest BCUT2D eigenvalue weighted by atomic mass is 10.2. The van der Waals surface area contributed by atoms with Gasteiger partial charge in [0.25, 0.3) is 0 Å². The Bertz CT molecular complexity index is 714. The average molecular weight is 275 g/mol. The lowest BCUT2D eigenvalue weighted by Gasteiger charge is -2.02.